The van der Waals surface area contributed by atoms with Gasteiger partial charge in [0.25, 0.3) is 0 Å². The number of allylic oxidation sites excluding steroid dienone is 2. The molecule has 0 aromatic carbocycles. The highest BCUT2D eigenvalue weighted by Crippen LogP contribution is 3.11. The van der Waals surface area contributed by atoms with Crippen molar-refractivity contribution in [2.45, 2.75) is 12.8 Å². The SMILES string of the molecule is C1=C[C@H]2C[C@@H]1C13C4C5[C@H](C[C@H]41)C523. The highest BCUT2D eigenvalue weighted by Gasteiger charge is 3.07. The number of hydrogen-bond donors (Lipinski definition) is 0. The first-order valence-electron chi connectivity index (χ1n) is 5.62. The molecule has 0 aliphatic heterocycles. The minimum Gasteiger partial charge on any atom is -0.0845 e. The molecule has 0 amide bonds. The summed E-state index contributed by atoms with van der Waals surface area (Å²) in [5.41, 5.74) is 1.95. The monoisotopic (exact) mass is 156 g/mol. The molecule has 0 heterocycles. The van der Waals surface area contributed by atoms with Crippen LogP contribution in [-0.4, -0.2) is 0 Å². The topological polar surface area (TPSA) is 0 Å². The largest absolute Gasteiger partial charge is 0.0845 e. The van der Waals surface area contributed by atoms with Gasteiger partial charge in [-0.1, -0.05) is 12.2 Å². The molecule has 12 heavy (non-hydrogen) atoms. The lowest BCUT2D eigenvalue weighted by Gasteiger charge is -2.37. The zero-order valence-electron chi connectivity index (χ0n) is 7.03. The summed E-state index contributed by atoms with van der Waals surface area (Å²) in [7, 11) is 0. The zero-order chi connectivity index (χ0) is 7.29. The van der Waals surface area contributed by atoms with E-state index in [2.05, 4.69) is 12.2 Å². The van der Waals surface area contributed by atoms with Gasteiger partial charge in [-0.25, -0.2) is 0 Å². The molecule has 2 spiro atoms. The van der Waals surface area contributed by atoms with Crippen LogP contribution in [0.3, 0.4) is 0 Å². The van der Waals surface area contributed by atoms with E-state index in [0.29, 0.717) is 0 Å². The summed E-state index contributed by atoms with van der Waals surface area (Å²) in [6, 6.07) is 0. The maximum absolute atomic E-state index is 2.58. The molecular formula is C12H12. The first-order valence-corrected chi connectivity index (χ1v) is 5.62. The second-order valence-corrected chi connectivity index (χ2v) is 6.20. The Balaban J connectivity index is 1.84. The molecule has 0 radical (unpaired) electrons. The Labute approximate surface area is 72.0 Å². The molecule has 0 heteroatoms. The summed E-state index contributed by atoms with van der Waals surface area (Å²) < 4.78 is 0. The Bertz CT molecular complexity index is 330. The lowest BCUT2D eigenvalue weighted by Crippen LogP contribution is -2.34. The van der Waals surface area contributed by atoms with E-state index in [9.17, 15) is 0 Å². The Morgan fingerprint density at radius 1 is 0.833 bits per heavy atom. The molecule has 4 unspecified atom stereocenters. The molecule has 7 rings (SSSR count). The van der Waals surface area contributed by atoms with Crippen molar-refractivity contribution in [2.24, 2.45) is 46.3 Å². The molecule has 6 fully saturated rings. The van der Waals surface area contributed by atoms with E-state index in [1.165, 1.54) is 23.7 Å². The molecule has 0 saturated heterocycles. The minimum atomic E-state index is 0.974. The fraction of sp³-hybridized carbons (Fsp3) is 0.833. The minimum absolute atomic E-state index is 0.974. The van der Waals surface area contributed by atoms with E-state index < -0.39 is 0 Å². The number of rotatable bonds is 0. The third-order valence-electron chi connectivity index (χ3n) is 6.93. The lowest BCUT2D eigenvalue weighted by molar-refractivity contribution is 0.121. The van der Waals surface area contributed by atoms with Crippen molar-refractivity contribution in [2.75, 3.05) is 0 Å². The Hall–Kier alpha value is -0.260. The molecule has 7 aliphatic rings. The fourth-order valence-corrected chi connectivity index (χ4v) is 7.29. The molecule has 7 aliphatic carbocycles. The maximum Gasteiger partial charge on any atom is -0.0101 e. The van der Waals surface area contributed by atoms with Gasteiger partial charge in [0, 0.05) is 0 Å². The highest BCUT2D eigenvalue weighted by atomic mass is 15.1. The van der Waals surface area contributed by atoms with Gasteiger partial charge in [0.05, 0.1) is 0 Å². The van der Waals surface area contributed by atoms with Crippen molar-refractivity contribution in [3.63, 3.8) is 0 Å². The fourth-order valence-electron chi connectivity index (χ4n) is 7.29. The van der Waals surface area contributed by atoms with Crippen LogP contribution in [0.25, 0.3) is 0 Å². The van der Waals surface area contributed by atoms with E-state index in [1.807, 2.05) is 0 Å². The third kappa shape index (κ3) is 0.172. The smallest absolute Gasteiger partial charge is 0.0101 e. The first-order chi connectivity index (χ1) is 5.93. The second-order valence-electron chi connectivity index (χ2n) is 6.20. The summed E-state index contributed by atoms with van der Waals surface area (Å²) in [5.74, 6) is 7.16. The summed E-state index contributed by atoms with van der Waals surface area (Å²) in [6.45, 7) is 0. The molecular weight excluding hydrogens is 144 g/mol. The molecule has 8 atom stereocenters. The molecule has 4 bridgehead atoms. The quantitative estimate of drug-likeness (QED) is 0.471. The highest BCUT2D eigenvalue weighted by molar-refractivity contribution is 5.57. The van der Waals surface area contributed by atoms with Crippen molar-refractivity contribution in [1.29, 1.82) is 0 Å². The average molecular weight is 156 g/mol. The Morgan fingerprint density at radius 3 is 1.92 bits per heavy atom. The number of fused-ring (bicyclic) bond motifs is 2. The van der Waals surface area contributed by atoms with E-state index >= 15 is 0 Å². The van der Waals surface area contributed by atoms with Crippen molar-refractivity contribution < 1.29 is 0 Å². The van der Waals surface area contributed by atoms with Crippen molar-refractivity contribution in [3.05, 3.63) is 12.2 Å². The van der Waals surface area contributed by atoms with E-state index in [-0.39, 0.29) is 0 Å². The molecule has 0 aromatic heterocycles. The van der Waals surface area contributed by atoms with Crippen molar-refractivity contribution in [3.8, 4) is 0 Å². The summed E-state index contributed by atoms with van der Waals surface area (Å²) >= 11 is 0. The average Bonchev–Trinajstić information content (AvgIpc) is 2.61. The third-order valence-corrected chi connectivity index (χ3v) is 6.93. The van der Waals surface area contributed by atoms with Gasteiger partial charge < -0.3 is 0 Å². The van der Waals surface area contributed by atoms with Crippen LogP contribution < -0.4 is 0 Å². The Morgan fingerprint density at radius 2 is 1.42 bits per heavy atom. The molecule has 0 N–H and O–H groups in total. The first kappa shape index (κ1) is 4.83. The predicted molar refractivity (Wildman–Crippen MR) is 44.2 cm³/mol. The summed E-state index contributed by atoms with van der Waals surface area (Å²) in [4.78, 5) is 0. The van der Waals surface area contributed by atoms with Gasteiger partial charge in [-0.15, -0.1) is 0 Å². The van der Waals surface area contributed by atoms with Gasteiger partial charge in [0.15, 0.2) is 0 Å². The van der Waals surface area contributed by atoms with Crippen LogP contribution in [0.4, 0.5) is 0 Å². The van der Waals surface area contributed by atoms with Gasteiger partial charge in [0.2, 0.25) is 0 Å². The molecule has 0 nitrogen and oxygen atoms in total. The van der Waals surface area contributed by atoms with Crippen LogP contribution >= 0.6 is 0 Å². The van der Waals surface area contributed by atoms with Gasteiger partial charge in [-0.05, 0) is 59.2 Å². The predicted octanol–water partition coefficient (Wildman–Crippen LogP) is 2.07. The van der Waals surface area contributed by atoms with Crippen LogP contribution in [0.2, 0.25) is 0 Å². The zero-order valence-corrected chi connectivity index (χ0v) is 7.03. The maximum atomic E-state index is 2.58. The van der Waals surface area contributed by atoms with Crippen molar-refractivity contribution >= 4 is 0 Å². The molecule has 60 valence electrons. The summed E-state index contributed by atoms with van der Waals surface area (Å²) in [6.07, 6.45) is 8.39. The number of hydrogen-bond acceptors (Lipinski definition) is 0. The van der Waals surface area contributed by atoms with Gasteiger partial charge in [-0.2, -0.15) is 0 Å². The summed E-state index contributed by atoms with van der Waals surface area (Å²) in [5, 5.41) is 0. The van der Waals surface area contributed by atoms with Crippen LogP contribution in [0, 0.1) is 46.3 Å². The normalized spacial score (nSPS) is 92.7. The van der Waals surface area contributed by atoms with Crippen molar-refractivity contribution in [1.82, 2.24) is 0 Å². The Kier molecular flexibility index (Phi) is 0.360. The van der Waals surface area contributed by atoms with Crippen LogP contribution in [-0.2, 0) is 0 Å². The molecule has 6 saturated carbocycles. The van der Waals surface area contributed by atoms with E-state index in [4.69, 9.17) is 0 Å². The van der Waals surface area contributed by atoms with E-state index in [0.717, 1.165) is 22.7 Å². The van der Waals surface area contributed by atoms with Crippen LogP contribution in [0.5, 0.6) is 0 Å². The van der Waals surface area contributed by atoms with E-state index in [1.54, 1.807) is 12.8 Å². The molecule has 0 aromatic rings. The van der Waals surface area contributed by atoms with Gasteiger partial charge in [-0.3, -0.25) is 0 Å². The second kappa shape index (κ2) is 0.895. The van der Waals surface area contributed by atoms with Gasteiger partial charge in [0.1, 0.15) is 0 Å². The van der Waals surface area contributed by atoms with Crippen LogP contribution in [0.1, 0.15) is 12.8 Å². The van der Waals surface area contributed by atoms with Crippen LogP contribution in [0.15, 0.2) is 12.2 Å². The lowest BCUT2D eigenvalue weighted by atomic mass is 9.66. The van der Waals surface area contributed by atoms with Gasteiger partial charge >= 0.3 is 0 Å². The standard InChI is InChI=1S/C12H12/c1-2-6-3-5(1)11-7-4-8-10(9(7)11)12(6,8)11/h1-2,5-10H,3-4H2/t5-,6+,7-,8+,9?,10?,11?,12?.